The number of aryl methyl sites for hydroxylation is 2. The second-order valence-electron chi connectivity index (χ2n) is 12.1. The van der Waals surface area contributed by atoms with Crippen molar-refractivity contribution in [2.24, 2.45) is 11.8 Å². The van der Waals surface area contributed by atoms with Crippen LogP contribution in [0.4, 0.5) is 17.1 Å². The van der Waals surface area contributed by atoms with Crippen molar-refractivity contribution in [1.29, 1.82) is 0 Å². The number of amides is 3. The van der Waals surface area contributed by atoms with E-state index in [9.17, 15) is 19.2 Å². The number of hydrogen-bond donors (Lipinski definition) is 0. The van der Waals surface area contributed by atoms with E-state index in [4.69, 9.17) is 17.0 Å². The first-order chi connectivity index (χ1) is 21.7. The van der Waals surface area contributed by atoms with Crippen molar-refractivity contribution in [3.05, 3.63) is 89.5 Å². The molecule has 3 aliphatic heterocycles. The molecule has 3 aromatic rings. The number of carbonyl (C=O) groups excluding carboxylic acids is 4. The number of hydrogen-bond acceptors (Lipinski definition) is 7. The van der Waals surface area contributed by atoms with E-state index in [1.807, 2.05) is 48.5 Å². The van der Waals surface area contributed by atoms with Gasteiger partial charge in [-0.1, -0.05) is 74.2 Å². The van der Waals surface area contributed by atoms with Gasteiger partial charge in [0, 0.05) is 19.5 Å². The molecular weight excluding hydrogens is 607 g/mol. The van der Waals surface area contributed by atoms with Gasteiger partial charge in [0.05, 0.1) is 22.6 Å². The number of fused-ring (bicyclic) bond motifs is 2. The first-order valence-electron chi connectivity index (χ1n) is 15.3. The maximum atomic E-state index is 13.5. The molecule has 3 amide bonds. The topological polar surface area (TPSA) is 87.2 Å². The fraction of sp³-hybridized carbons (Fsp3) is 0.343. The van der Waals surface area contributed by atoms with Gasteiger partial charge in [-0.3, -0.25) is 19.3 Å². The summed E-state index contributed by atoms with van der Waals surface area (Å²) in [7, 11) is 0. The van der Waals surface area contributed by atoms with Crippen molar-refractivity contribution in [1.82, 2.24) is 4.90 Å². The molecular formula is C35H35N3O5S2. The molecule has 2 saturated heterocycles. The van der Waals surface area contributed by atoms with Crippen molar-refractivity contribution < 1.29 is 23.9 Å². The van der Waals surface area contributed by atoms with Crippen LogP contribution in [0.5, 0.6) is 0 Å². The van der Waals surface area contributed by atoms with E-state index in [1.54, 1.807) is 17.0 Å². The van der Waals surface area contributed by atoms with Gasteiger partial charge in [-0.05, 0) is 78.6 Å². The van der Waals surface area contributed by atoms with Crippen LogP contribution in [0.3, 0.4) is 0 Å². The number of likely N-dealkylation sites (tertiary alicyclic amines) is 1. The summed E-state index contributed by atoms with van der Waals surface area (Å²) >= 11 is 6.95. The molecule has 3 atom stereocenters. The van der Waals surface area contributed by atoms with E-state index in [2.05, 4.69) is 18.7 Å². The number of benzene rings is 3. The van der Waals surface area contributed by atoms with Gasteiger partial charge >= 0.3 is 5.97 Å². The standard InChI is InChI=1S/C35H35N3O5S2/c1-22-17-23(2)20-36(19-22)35(44)45-30-18-31(39)37(33(30)41)27-15-13-26(14-16-27)34(42)43-21-32(40)38-28-9-5-3-7-24(28)11-12-25-8-4-6-10-29(25)38/h3-10,13-16,22-23,30H,11-12,17-21H2,1-2H3/t22-,23-,30-/m1/s1. The lowest BCUT2D eigenvalue weighted by Gasteiger charge is -2.36. The maximum Gasteiger partial charge on any atom is 0.338 e. The number of ether oxygens (including phenoxy) is 1. The van der Waals surface area contributed by atoms with Gasteiger partial charge in [0.2, 0.25) is 11.8 Å². The molecule has 6 rings (SSSR count). The summed E-state index contributed by atoms with van der Waals surface area (Å²) in [4.78, 5) is 57.6. The number of thiocarbonyl (C=S) groups is 1. The summed E-state index contributed by atoms with van der Waals surface area (Å²) in [5.41, 5.74) is 4.25. The molecule has 0 spiro atoms. The lowest BCUT2D eigenvalue weighted by Crippen LogP contribution is -2.41. The van der Waals surface area contributed by atoms with E-state index in [0.717, 1.165) is 59.8 Å². The molecule has 3 heterocycles. The summed E-state index contributed by atoms with van der Waals surface area (Å²) in [6, 6.07) is 21.6. The molecule has 3 aromatic carbocycles. The number of carbonyl (C=O) groups is 4. The van der Waals surface area contributed by atoms with Crippen LogP contribution in [0.25, 0.3) is 0 Å². The molecule has 3 aliphatic rings. The Morgan fingerprint density at radius 1 is 0.867 bits per heavy atom. The van der Waals surface area contributed by atoms with Crippen LogP contribution in [0.15, 0.2) is 72.8 Å². The molecule has 0 aliphatic carbocycles. The first-order valence-corrected chi connectivity index (χ1v) is 16.6. The number of para-hydroxylation sites is 2. The van der Waals surface area contributed by atoms with Crippen molar-refractivity contribution in [3.63, 3.8) is 0 Å². The number of anilines is 3. The number of piperidine rings is 1. The molecule has 8 nitrogen and oxygen atoms in total. The third-order valence-corrected chi connectivity index (χ3v) is 10.2. The number of imide groups is 1. The smallest absolute Gasteiger partial charge is 0.338 e. The highest BCUT2D eigenvalue weighted by Gasteiger charge is 2.41. The Kier molecular flexibility index (Phi) is 9.05. The Morgan fingerprint density at radius 3 is 2.04 bits per heavy atom. The minimum Gasteiger partial charge on any atom is -0.452 e. The lowest BCUT2D eigenvalue weighted by molar-refractivity contribution is -0.122. The SMILES string of the molecule is C[C@@H]1C[C@@H](C)CN(C(=S)S[C@@H]2CC(=O)N(c3ccc(C(=O)OCC(=O)N4c5ccccc5CCc5ccccc54)cc3)C2=O)C1. The zero-order chi connectivity index (χ0) is 31.7. The first kappa shape index (κ1) is 31.0. The monoisotopic (exact) mass is 641 g/mol. The van der Waals surface area contributed by atoms with Crippen LogP contribution in [0.2, 0.25) is 0 Å². The van der Waals surface area contributed by atoms with Crippen molar-refractivity contribution in [2.45, 2.75) is 44.8 Å². The predicted octanol–water partition coefficient (Wildman–Crippen LogP) is 5.93. The van der Waals surface area contributed by atoms with Gasteiger partial charge in [0.15, 0.2) is 6.61 Å². The van der Waals surface area contributed by atoms with Gasteiger partial charge in [0.1, 0.15) is 9.57 Å². The summed E-state index contributed by atoms with van der Waals surface area (Å²) in [5.74, 6) is -0.602. The molecule has 0 radical (unpaired) electrons. The van der Waals surface area contributed by atoms with Crippen LogP contribution < -0.4 is 9.80 Å². The quantitative estimate of drug-likeness (QED) is 0.192. The molecule has 232 valence electrons. The Balaban J connectivity index is 1.09. The Morgan fingerprint density at radius 2 is 1.44 bits per heavy atom. The van der Waals surface area contributed by atoms with Crippen LogP contribution in [-0.2, 0) is 32.0 Å². The summed E-state index contributed by atoms with van der Waals surface area (Å²) in [6.45, 7) is 5.67. The zero-order valence-corrected chi connectivity index (χ0v) is 26.9. The van der Waals surface area contributed by atoms with Gasteiger partial charge in [-0.15, -0.1) is 0 Å². The molecule has 0 bridgehead atoms. The number of rotatable bonds is 5. The molecule has 0 aromatic heterocycles. The summed E-state index contributed by atoms with van der Waals surface area (Å²) in [5, 5.41) is -0.581. The van der Waals surface area contributed by atoms with Crippen LogP contribution >= 0.6 is 24.0 Å². The van der Waals surface area contributed by atoms with Gasteiger partial charge in [0.25, 0.3) is 5.91 Å². The second-order valence-corrected chi connectivity index (χ2v) is 13.9. The average Bonchev–Trinajstić information content (AvgIpc) is 3.20. The molecule has 0 N–H and O–H groups in total. The molecule has 10 heteroatoms. The molecule has 2 fully saturated rings. The third kappa shape index (κ3) is 6.53. The fourth-order valence-electron chi connectivity index (χ4n) is 6.55. The van der Waals surface area contributed by atoms with E-state index in [0.29, 0.717) is 21.8 Å². The highest BCUT2D eigenvalue weighted by molar-refractivity contribution is 8.23. The zero-order valence-electron chi connectivity index (χ0n) is 25.3. The van der Waals surface area contributed by atoms with Crippen molar-refractivity contribution >= 4 is 69.1 Å². The van der Waals surface area contributed by atoms with E-state index >= 15 is 0 Å². The number of nitrogens with zero attached hydrogens (tertiary/aromatic N) is 3. The molecule has 0 unspecified atom stereocenters. The largest absolute Gasteiger partial charge is 0.452 e. The summed E-state index contributed by atoms with van der Waals surface area (Å²) in [6.07, 6.45) is 2.82. The fourth-order valence-corrected chi connectivity index (χ4v) is 8.02. The average molecular weight is 642 g/mol. The van der Waals surface area contributed by atoms with Gasteiger partial charge in [-0.2, -0.15) is 0 Å². The predicted molar refractivity (Wildman–Crippen MR) is 180 cm³/mol. The van der Waals surface area contributed by atoms with E-state index < -0.39 is 17.8 Å². The van der Waals surface area contributed by atoms with Crippen molar-refractivity contribution in [2.75, 3.05) is 29.5 Å². The Labute approximate surface area is 272 Å². The normalized spacial score (nSPS) is 21.2. The highest BCUT2D eigenvalue weighted by atomic mass is 32.2. The minimum atomic E-state index is -0.672. The van der Waals surface area contributed by atoms with E-state index in [-0.39, 0.29) is 29.7 Å². The third-order valence-electron chi connectivity index (χ3n) is 8.54. The van der Waals surface area contributed by atoms with Crippen LogP contribution in [0.1, 0.15) is 48.2 Å². The summed E-state index contributed by atoms with van der Waals surface area (Å²) < 4.78 is 6.11. The number of esters is 1. The van der Waals surface area contributed by atoms with Crippen molar-refractivity contribution in [3.8, 4) is 0 Å². The molecule has 45 heavy (non-hydrogen) atoms. The maximum absolute atomic E-state index is 13.5. The van der Waals surface area contributed by atoms with E-state index in [1.165, 1.54) is 23.9 Å². The van der Waals surface area contributed by atoms with Gasteiger partial charge in [-0.25, -0.2) is 9.69 Å². The Hall–Kier alpha value is -4.02. The minimum absolute atomic E-state index is 0.0667. The lowest BCUT2D eigenvalue weighted by atomic mass is 9.92. The highest BCUT2D eigenvalue weighted by Crippen LogP contribution is 2.36. The number of thioether (sulfide) groups is 1. The Bertz CT molecular complexity index is 1600. The molecule has 0 saturated carbocycles. The van der Waals surface area contributed by atoms with Crippen LogP contribution in [-0.4, -0.2) is 57.9 Å². The second kappa shape index (κ2) is 13.1. The van der Waals surface area contributed by atoms with Gasteiger partial charge < -0.3 is 9.64 Å². The van der Waals surface area contributed by atoms with Crippen LogP contribution in [0, 0.1) is 11.8 Å².